The van der Waals surface area contributed by atoms with Crippen LogP contribution in [0.1, 0.15) is 56.8 Å². The first-order valence-electron chi connectivity index (χ1n) is 10.0. The summed E-state index contributed by atoms with van der Waals surface area (Å²) >= 11 is 0. The normalized spacial score (nSPS) is 14.4. The van der Waals surface area contributed by atoms with Gasteiger partial charge in [0, 0.05) is 31.3 Å². The van der Waals surface area contributed by atoms with Crippen molar-refractivity contribution in [1.29, 1.82) is 0 Å². The zero-order valence-corrected chi connectivity index (χ0v) is 17.7. The Morgan fingerprint density at radius 2 is 2.17 bits per heavy atom. The van der Waals surface area contributed by atoms with Gasteiger partial charge < -0.3 is 14.4 Å². The predicted molar refractivity (Wildman–Crippen MR) is 116 cm³/mol. The first kappa shape index (κ1) is 22.4. The average Bonchev–Trinajstić information content (AvgIpc) is 2.99. The van der Waals surface area contributed by atoms with Crippen LogP contribution in [0.15, 0.2) is 47.7 Å². The molecule has 1 aromatic heterocycles. The number of aromatic carboxylic acids is 1. The average molecular weight is 395 g/mol. The standard InChI is InChI=1S/C24H30N2O3/c1-5-29-17-21(18(2)3)11-7-6-8-15-26-16-22(24(27)28)25-23(26)20-12-9-10-19(4)13-14-20/h6,8,11,13-14,16,18H,5,7,12,15,17H2,1-4H3,(H,27,28)/b8-6-,21-11-. The second-order valence-corrected chi connectivity index (χ2v) is 7.21. The predicted octanol–water partition coefficient (Wildman–Crippen LogP) is 4.88. The number of imidazole rings is 1. The molecule has 0 bridgehead atoms. The number of ether oxygens (including phenoxy) is 1. The van der Waals surface area contributed by atoms with Crippen LogP contribution in [0, 0.1) is 17.8 Å². The monoisotopic (exact) mass is 394 g/mol. The Morgan fingerprint density at radius 3 is 2.86 bits per heavy atom. The van der Waals surface area contributed by atoms with Crippen molar-refractivity contribution >= 4 is 11.5 Å². The molecule has 0 fully saturated rings. The lowest BCUT2D eigenvalue weighted by Gasteiger charge is -2.10. The molecule has 0 aliphatic heterocycles. The van der Waals surface area contributed by atoms with Crippen LogP contribution in [0.25, 0.3) is 5.57 Å². The number of carbonyl (C=O) groups is 1. The van der Waals surface area contributed by atoms with Crippen molar-refractivity contribution in [2.75, 3.05) is 13.2 Å². The number of carboxylic acid groups (broad SMARTS) is 1. The zero-order valence-electron chi connectivity index (χ0n) is 17.7. The summed E-state index contributed by atoms with van der Waals surface area (Å²) in [6.45, 7) is 10.2. The summed E-state index contributed by atoms with van der Waals surface area (Å²) in [7, 11) is 0. The lowest BCUT2D eigenvalue weighted by atomic mass is 10.0. The number of hydrogen-bond donors (Lipinski definition) is 1. The molecule has 5 nitrogen and oxygen atoms in total. The van der Waals surface area contributed by atoms with Gasteiger partial charge >= 0.3 is 5.97 Å². The van der Waals surface area contributed by atoms with Gasteiger partial charge in [0.2, 0.25) is 0 Å². The maximum absolute atomic E-state index is 11.4. The quantitative estimate of drug-likeness (QED) is 0.454. The van der Waals surface area contributed by atoms with Crippen LogP contribution < -0.4 is 0 Å². The highest BCUT2D eigenvalue weighted by Crippen LogP contribution is 2.20. The van der Waals surface area contributed by atoms with Crippen LogP contribution in [-0.4, -0.2) is 33.8 Å². The van der Waals surface area contributed by atoms with Gasteiger partial charge in [0.25, 0.3) is 0 Å². The van der Waals surface area contributed by atoms with Crippen LogP contribution in [0.4, 0.5) is 0 Å². The highest BCUT2D eigenvalue weighted by Gasteiger charge is 2.15. The Balaban J connectivity index is 2.13. The Hall–Kier alpha value is -2.84. The second kappa shape index (κ2) is 11.2. The van der Waals surface area contributed by atoms with Crippen molar-refractivity contribution in [1.82, 2.24) is 9.55 Å². The van der Waals surface area contributed by atoms with Crippen LogP contribution >= 0.6 is 0 Å². The SMILES string of the molecule is CCOC/C(=C/C/C=C\Cn1cc(C(=O)O)nc1C1=CC=C(C)C#CC1)C(C)C. The van der Waals surface area contributed by atoms with E-state index >= 15 is 0 Å². The second-order valence-electron chi connectivity index (χ2n) is 7.21. The van der Waals surface area contributed by atoms with Crippen molar-refractivity contribution in [3.8, 4) is 11.8 Å². The van der Waals surface area contributed by atoms with Gasteiger partial charge in [0.1, 0.15) is 5.82 Å². The van der Waals surface area contributed by atoms with Gasteiger partial charge in [0.15, 0.2) is 5.69 Å². The van der Waals surface area contributed by atoms with E-state index in [0.717, 1.165) is 17.6 Å². The Bertz CT molecular complexity index is 902. The minimum atomic E-state index is -1.03. The molecule has 2 rings (SSSR count). The fourth-order valence-electron chi connectivity index (χ4n) is 2.86. The third-order valence-electron chi connectivity index (χ3n) is 4.58. The zero-order chi connectivity index (χ0) is 21.2. The van der Waals surface area contributed by atoms with E-state index in [0.29, 0.717) is 37.9 Å². The summed E-state index contributed by atoms with van der Waals surface area (Å²) in [5, 5.41) is 9.34. The van der Waals surface area contributed by atoms with Gasteiger partial charge in [0.05, 0.1) is 6.61 Å². The molecule has 154 valence electrons. The molecule has 5 heteroatoms. The maximum Gasteiger partial charge on any atom is 0.356 e. The molecule has 1 N–H and O–H groups in total. The smallest absolute Gasteiger partial charge is 0.356 e. The van der Waals surface area contributed by atoms with E-state index in [4.69, 9.17) is 4.74 Å². The number of nitrogens with zero attached hydrogens (tertiary/aromatic N) is 2. The summed E-state index contributed by atoms with van der Waals surface area (Å²) in [6.07, 6.45) is 13.2. The van der Waals surface area contributed by atoms with E-state index in [-0.39, 0.29) is 5.69 Å². The third kappa shape index (κ3) is 6.92. The minimum Gasteiger partial charge on any atom is -0.476 e. The number of aromatic nitrogens is 2. The summed E-state index contributed by atoms with van der Waals surface area (Å²) in [5.74, 6) is 6.24. The number of carboxylic acids is 1. The van der Waals surface area contributed by atoms with Crippen LogP contribution in [0.5, 0.6) is 0 Å². The highest BCUT2D eigenvalue weighted by molar-refractivity contribution is 5.86. The number of hydrogen-bond acceptors (Lipinski definition) is 3. The summed E-state index contributed by atoms with van der Waals surface area (Å²) in [5.41, 5.74) is 3.24. The molecule has 0 atom stereocenters. The van der Waals surface area contributed by atoms with Crippen molar-refractivity contribution in [2.24, 2.45) is 5.92 Å². The van der Waals surface area contributed by atoms with Crippen LogP contribution in [-0.2, 0) is 11.3 Å². The van der Waals surface area contributed by atoms with Gasteiger partial charge in [-0.05, 0) is 37.3 Å². The van der Waals surface area contributed by atoms with E-state index in [9.17, 15) is 9.90 Å². The van der Waals surface area contributed by atoms with Gasteiger partial charge in [-0.25, -0.2) is 9.78 Å². The largest absolute Gasteiger partial charge is 0.476 e. The molecule has 0 radical (unpaired) electrons. The van der Waals surface area contributed by atoms with Crippen molar-refractivity contribution < 1.29 is 14.6 Å². The molecule has 1 aliphatic carbocycles. The maximum atomic E-state index is 11.4. The van der Waals surface area contributed by atoms with Gasteiger partial charge in [-0.3, -0.25) is 0 Å². The molecule has 29 heavy (non-hydrogen) atoms. The molecular formula is C24H30N2O3. The van der Waals surface area contributed by atoms with Crippen molar-refractivity contribution in [2.45, 2.75) is 47.1 Å². The minimum absolute atomic E-state index is 0.0471. The molecule has 0 unspecified atom stereocenters. The Labute approximate surface area is 173 Å². The Morgan fingerprint density at radius 1 is 1.38 bits per heavy atom. The molecule has 0 aromatic carbocycles. The van der Waals surface area contributed by atoms with Crippen LogP contribution in [0.2, 0.25) is 0 Å². The highest BCUT2D eigenvalue weighted by atomic mass is 16.5. The molecule has 1 aliphatic rings. The van der Waals surface area contributed by atoms with Gasteiger partial charge in [-0.15, -0.1) is 0 Å². The van der Waals surface area contributed by atoms with Crippen molar-refractivity contribution in [3.05, 3.63) is 59.2 Å². The van der Waals surface area contributed by atoms with E-state index in [1.807, 2.05) is 36.6 Å². The third-order valence-corrected chi connectivity index (χ3v) is 4.58. The molecule has 1 aromatic rings. The molecule has 0 amide bonds. The topological polar surface area (TPSA) is 64.3 Å². The van der Waals surface area contributed by atoms with Gasteiger partial charge in [-0.1, -0.05) is 56.1 Å². The summed E-state index contributed by atoms with van der Waals surface area (Å²) < 4.78 is 7.40. The summed E-state index contributed by atoms with van der Waals surface area (Å²) in [6, 6.07) is 0. The molecular weight excluding hydrogens is 364 g/mol. The van der Waals surface area contributed by atoms with E-state index in [1.165, 1.54) is 5.57 Å². The lowest BCUT2D eigenvalue weighted by Crippen LogP contribution is -2.04. The number of rotatable bonds is 10. The number of allylic oxidation sites excluding steroid dienone is 7. The first-order chi connectivity index (χ1) is 13.9. The van der Waals surface area contributed by atoms with Crippen molar-refractivity contribution in [3.63, 3.8) is 0 Å². The Kier molecular flexibility index (Phi) is 8.69. The van der Waals surface area contributed by atoms with E-state index in [1.54, 1.807) is 6.20 Å². The fraction of sp³-hybridized carbons (Fsp3) is 0.417. The van der Waals surface area contributed by atoms with E-state index < -0.39 is 5.97 Å². The van der Waals surface area contributed by atoms with E-state index in [2.05, 4.69) is 42.8 Å². The summed E-state index contributed by atoms with van der Waals surface area (Å²) in [4.78, 5) is 15.7. The fourth-order valence-corrected chi connectivity index (χ4v) is 2.86. The van der Waals surface area contributed by atoms with Crippen LogP contribution in [0.3, 0.4) is 0 Å². The molecule has 1 heterocycles. The first-order valence-corrected chi connectivity index (χ1v) is 10.0. The molecule has 0 saturated carbocycles. The van der Waals surface area contributed by atoms with Gasteiger partial charge in [-0.2, -0.15) is 0 Å². The lowest BCUT2D eigenvalue weighted by molar-refractivity contribution is 0.0691. The molecule has 0 saturated heterocycles. The molecule has 0 spiro atoms.